The lowest BCUT2D eigenvalue weighted by atomic mass is 10.0. The van der Waals surface area contributed by atoms with Gasteiger partial charge in [-0.3, -0.25) is 4.79 Å². The van der Waals surface area contributed by atoms with Gasteiger partial charge in [0.15, 0.2) is 0 Å². The largest absolute Gasteiger partial charge is 0.508 e. The van der Waals surface area contributed by atoms with E-state index in [1.165, 1.54) is 18.6 Å². The highest BCUT2D eigenvalue weighted by molar-refractivity contribution is 6.33. The van der Waals surface area contributed by atoms with Crippen molar-refractivity contribution < 1.29 is 9.90 Å². The molecule has 1 atom stereocenters. The first-order valence-corrected chi connectivity index (χ1v) is 6.27. The van der Waals surface area contributed by atoms with Crippen molar-refractivity contribution in [2.24, 2.45) is 0 Å². The molecule has 1 saturated heterocycles. The molecule has 3 nitrogen and oxygen atoms in total. The van der Waals surface area contributed by atoms with Crippen LogP contribution in [0, 0.1) is 0 Å². The molecule has 2 rings (SSSR count). The van der Waals surface area contributed by atoms with Crippen molar-refractivity contribution in [2.45, 2.75) is 32.2 Å². The van der Waals surface area contributed by atoms with Gasteiger partial charge in [-0.25, -0.2) is 0 Å². The number of phenols is 1. The third-order valence-electron chi connectivity index (χ3n) is 3.24. The second-order valence-corrected chi connectivity index (χ2v) is 4.91. The lowest BCUT2D eigenvalue weighted by Gasteiger charge is -2.33. The molecule has 1 N–H and O–H groups in total. The summed E-state index contributed by atoms with van der Waals surface area (Å²) in [5.41, 5.74) is 0.389. The van der Waals surface area contributed by atoms with Gasteiger partial charge in [0, 0.05) is 12.6 Å². The minimum absolute atomic E-state index is 0.0717. The van der Waals surface area contributed by atoms with Gasteiger partial charge in [0.05, 0.1) is 10.6 Å². The van der Waals surface area contributed by atoms with E-state index >= 15 is 0 Å². The highest BCUT2D eigenvalue weighted by Crippen LogP contribution is 2.25. The summed E-state index contributed by atoms with van der Waals surface area (Å²) in [5, 5.41) is 9.82. The summed E-state index contributed by atoms with van der Waals surface area (Å²) in [6.07, 6.45) is 3.23. The van der Waals surface area contributed by atoms with E-state index in [9.17, 15) is 9.90 Å². The molecule has 0 spiro atoms. The third-order valence-corrected chi connectivity index (χ3v) is 3.57. The molecule has 0 aromatic heterocycles. The molecular weight excluding hydrogens is 238 g/mol. The van der Waals surface area contributed by atoms with E-state index < -0.39 is 0 Å². The van der Waals surface area contributed by atoms with E-state index in [4.69, 9.17) is 11.6 Å². The summed E-state index contributed by atoms with van der Waals surface area (Å²) < 4.78 is 0. The number of carbonyl (C=O) groups excluding carboxylic acids is 1. The maximum absolute atomic E-state index is 12.3. The molecule has 1 heterocycles. The fourth-order valence-electron chi connectivity index (χ4n) is 2.23. The Balaban J connectivity index is 2.26. The van der Waals surface area contributed by atoms with Gasteiger partial charge in [-0.1, -0.05) is 11.6 Å². The number of phenolic OH excluding ortho intramolecular Hbond substituents is 1. The summed E-state index contributed by atoms with van der Waals surface area (Å²) >= 11 is 6.00. The predicted octanol–water partition coefficient (Wildman–Crippen LogP) is 3.06. The summed E-state index contributed by atoms with van der Waals surface area (Å²) in [6.45, 7) is 2.82. The monoisotopic (exact) mass is 253 g/mol. The molecule has 1 aliphatic heterocycles. The Morgan fingerprint density at radius 3 is 2.94 bits per heavy atom. The number of carbonyl (C=O) groups is 1. The van der Waals surface area contributed by atoms with Gasteiger partial charge < -0.3 is 10.0 Å². The van der Waals surface area contributed by atoms with Crippen molar-refractivity contribution in [2.75, 3.05) is 6.54 Å². The summed E-state index contributed by atoms with van der Waals surface area (Å²) in [5.74, 6) is -0.0134. The van der Waals surface area contributed by atoms with E-state index in [1.54, 1.807) is 6.07 Å². The molecule has 4 heteroatoms. The average Bonchev–Trinajstić information content (AvgIpc) is 2.32. The summed E-state index contributed by atoms with van der Waals surface area (Å²) in [4.78, 5) is 14.2. The van der Waals surface area contributed by atoms with E-state index in [1.807, 2.05) is 11.8 Å². The lowest BCUT2D eigenvalue weighted by Crippen LogP contribution is -2.42. The Kier molecular flexibility index (Phi) is 3.57. The summed E-state index contributed by atoms with van der Waals surface area (Å²) in [6, 6.07) is 4.72. The molecule has 0 saturated carbocycles. The number of hydrogen-bond acceptors (Lipinski definition) is 2. The molecule has 1 amide bonds. The van der Waals surface area contributed by atoms with Crippen LogP contribution in [0.25, 0.3) is 0 Å². The quantitative estimate of drug-likeness (QED) is 0.836. The fraction of sp³-hybridized carbons (Fsp3) is 0.462. The average molecular weight is 254 g/mol. The maximum atomic E-state index is 12.3. The molecule has 1 fully saturated rings. The van der Waals surface area contributed by atoms with Crippen LogP contribution < -0.4 is 0 Å². The Hall–Kier alpha value is -1.22. The van der Waals surface area contributed by atoms with Gasteiger partial charge in [-0.2, -0.15) is 0 Å². The number of aromatic hydroxyl groups is 1. The van der Waals surface area contributed by atoms with Gasteiger partial charge in [0.1, 0.15) is 5.75 Å². The highest BCUT2D eigenvalue weighted by Gasteiger charge is 2.25. The topological polar surface area (TPSA) is 40.5 Å². The van der Waals surface area contributed by atoms with Crippen LogP contribution in [0.2, 0.25) is 5.02 Å². The number of piperidine rings is 1. The first-order valence-electron chi connectivity index (χ1n) is 5.89. The van der Waals surface area contributed by atoms with E-state index in [2.05, 4.69) is 0 Å². The van der Waals surface area contributed by atoms with Crippen LogP contribution in [-0.4, -0.2) is 28.5 Å². The van der Waals surface area contributed by atoms with Crippen molar-refractivity contribution in [3.05, 3.63) is 28.8 Å². The number of benzene rings is 1. The van der Waals surface area contributed by atoms with Crippen molar-refractivity contribution in [1.82, 2.24) is 4.90 Å². The molecule has 1 unspecified atom stereocenters. The zero-order chi connectivity index (χ0) is 12.4. The molecule has 1 aromatic carbocycles. The predicted molar refractivity (Wildman–Crippen MR) is 67.5 cm³/mol. The lowest BCUT2D eigenvalue weighted by molar-refractivity contribution is 0.0635. The molecule has 92 valence electrons. The Labute approximate surface area is 106 Å². The van der Waals surface area contributed by atoms with Crippen molar-refractivity contribution in [3.63, 3.8) is 0 Å². The molecule has 0 bridgehead atoms. The molecule has 1 aliphatic rings. The van der Waals surface area contributed by atoms with E-state index in [0.717, 1.165) is 19.4 Å². The molecule has 17 heavy (non-hydrogen) atoms. The van der Waals surface area contributed by atoms with Crippen LogP contribution in [0.1, 0.15) is 36.5 Å². The molecule has 0 radical (unpaired) electrons. The normalized spacial score (nSPS) is 20.4. The first-order chi connectivity index (χ1) is 8.09. The Morgan fingerprint density at radius 2 is 2.24 bits per heavy atom. The zero-order valence-electron chi connectivity index (χ0n) is 9.82. The SMILES string of the molecule is CC1CCCCN1C(=O)c1cc(O)ccc1Cl. The van der Waals surface area contributed by atoms with Gasteiger partial charge >= 0.3 is 0 Å². The fourth-order valence-corrected chi connectivity index (χ4v) is 2.43. The minimum atomic E-state index is -0.0851. The van der Waals surface area contributed by atoms with Gasteiger partial charge in [-0.05, 0) is 44.4 Å². The molecule has 1 aromatic rings. The van der Waals surface area contributed by atoms with Gasteiger partial charge in [0.2, 0.25) is 0 Å². The Bertz CT molecular complexity index is 433. The highest BCUT2D eigenvalue weighted by atomic mass is 35.5. The second-order valence-electron chi connectivity index (χ2n) is 4.51. The van der Waals surface area contributed by atoms with Crippen LogP contribution >= 0.6 is 11.6 Å². The minimum Gasteiger partial charge on any atom is -0.508 e. The number of amides is 1. The van der Waals surface area contributed by atoms with Crippen molar-refractivity contribution in [3.8, 4) is 5.75 Å². The molecule has 0 aliphatic carbocycles. The smallest absolute Gasteiger partial charge is 0.255 e. The van der Waals surface area contributed by atoms with E-state index in [-0.39, 0.29) is 17.7 Å². The Morgan fingerprint density at radius 1 is 1.47 bits per heavy atom. The van der Waals surface area contributed by atoms with Crippen molar-refractivity contribution >= 4 is 17.5 Å². The number of nitrogens with zero attached hydrogens (tertiary/aromatic N) is 1. The second kappa shape index (κ2) is 4.96. The number of likely N-dealkylation sites (tertiary alicyclic amines) is 1. The van der Waals surface area contributed by atoms with Gasteiger partial charge in [0.25, 0.3) is 5.91 Å². The van der Waals surface area contributed by atoms with Crippen molar-refractivity contribution in [1.29, 1.82) is 0 Å². The van der Waals surface area contributed by atoms with E-state index in [0.29, 0.717) is 10.6 Å². The summed E-state index contributed by atoms with van der Waals surface area (Å²) in [7, 11) is 0. The van der Waals surface area contributed by atoms with Crippen LogP contribution in [0.3, 0.4) is 0 Å². The van der Waals surface area contributed by atoms with Crippen LogP contribution in [-0.2, 0) is 0 Å². The number of hydrogen-bond donors (Lipinski definition) is 1. The van der Waals surface area contributed by atoms with Crippen LogP contribution in [0.4, 0.5) is 0 Å². The first kappa shape index (κ1) is 12.2. The van der Waals surface area contributed by atoms with Crippen LogP contribution in [0.15, 0.2) is 18.2 Å². The number of halogens is 1. The van der Waals surface area contributed by atoms with Gasteiger partial charge in [-0.15, -0.1) is 0 Å². The zero-order valence-corrected chi connectivity index (χ0v) is 10.6. The van der Waals surface area contributed by atoms with Crippen LogP contribution in [0.5, 0.6) is 5.75 Å². The maximum Gasteiger partial charge on any atom is 0.255 e. The molecular formula is C13H16ClNO2. The number of rotatable bonds is 1. The standard InChI is InChI=1S/C13H16ClNO2/c1-9-4-2-3-7-15(9)13(17)11-8-10(16)5-6-12(11)14/h5-6,8-9,16H,2-4,7H2,1H3. The third kappa shape index (κ3) is 2.55.